The third-order valence-electron chi connectivity index (χ3n) is 5.43. The lowest BCUT2D eigenvalue weighted by molar-refractivity contribution is 0.834. The van der Waals surface area contributed by atoms with Crippen molar-refractivity contribution in [2.75, 3.05) is 0 Å². The summed E-state index contributed by atoms with van der Waals surface area (Å²) in [5, 5.41) is 0. The number of para-hydroxylation sites is 2. The SMILES string of the molecule is CC(=Nc1c(C(C)C)cccc1C(C)C)c1cccc(C(C)C=Nc2ccccc2)n1. The van der Waals surface area contributed by atoms with Crippen molar-refractivity contribution in [3.63, 3.8) is 0 Å². The van der Waals surface area contributed by atoms with Gasteiger partial charge in [-0.1, -0.05) is 77.1 Å². The molecule has 2 aromatic carbocycles. The number of aliphatic imine (C=N–C) groups is 2. The van der Waals surface area contributed by atoms with Crippen LogP contribution in [0.3, 0.4) is 0 Å². The Morgan fingerprint density at radius 2 is 1.39 bits per heavy atom. The predicted molar refractivity (Wildman–Crippen MR) is 134 cm³/mol. The standard InChI is InChI=1S/C28H33N3/c1-19(2)24-14-10-15-25(20(3)4)28(24)30-22(6)27-17-11-16-26(31-27)21(5)18-29-23-12-8-7-9-13-23/h7-21H,1-6H3. The molecule has 0 N–H and O–H groups in total. The van der Waals surface area contributed by atoms with Gasteiger partial charge in [0.15, 0.2) is 0 Å². The largest absolute Gasteiger partial charge is 0.261 e. The van der Waals surface area contributed by atoms with Crippen molar-refractivity contribution in [3.8, 4) is 0 Å². The van der Waals surface area contributed by atoms with Crippen LogP contribution in [-0.4, -0.2) is 16.9 Å². The van der Waals surface area contributed by atoms with Gasteiger partial charge in [0, 0.05) is 17.8 Å². The van der Waals surface area contributed by atoms with Gasteiger partial charge in [0.25, 0.3) is 0 Å². The average Bonchev–Trinajstić information content (AvgIpc) is 2.78. The third kappa shape index (κ3) is 5.75. The summed E-state index contributed by atoms with van der Waals surface area (Å²) in [6.07, 6.45) is 1.96. The van der Waals surface area contributed by atoms with E-state index in [1.165, 1.54) is 11.1 Å². The van der Waals surface area contributed by atoms with E-state index in [1.807, 2.05) is 42.6 Å². The number of hydrogen-bond donors (Lipinski definition) is 0. The number of nitrogens with zero attached hydrogens (tertiary/aromatic N) is 3. The maximum Gasteiger partial charge on any atom is 0.0845 e. The van der Waals surface area contributed by atoms with Crippen LogP contribution < -0.4 is 0 Å². The lowest BCUT2D eigenvalue weighted by Gasteiger charge is -2.17. The fourth-order valence-electron chi connectivity index (χ4n) is 3.56. The summed E-state index contributed by atoms with van der Waals surface area (Å²) in [6.45, 7) is 13.1. The lowest BCUT2D eigenvalue weighted by Crippen LogP contribution is -2.05. The van der Waals surface area contributed by atoms with Gasteiger partial charge in [-0.2, -0.15) is 0 Å². The molecule has 0 saturated carbocycles. The molecule has 0 radical (unpaired) electrons. The summed E-state index contributed by atoms with van der Waals surface area (Å²) in [5.74, 6) is 0.944. The Hall–Kier alpha value is -3.07. The number of aromatic nitrogens is 1. The van der Waals surface area contributed by atoms with Crippen LogP contribution in [-0.2, 0) is 0 Å². The summed E-state index contributed by atoms with van der Waals surface area (Å²) in [7, 11) is 0. The molecule has 0 bridgehead atoms. The number of rotatable bonds is 7. The van der Waals surface area contributed by atoms with Gasteiger partial charge < -0.3 is 0 Å². The molecule has 3 heteroatoms. The van der Waals surface area contributed by atoms with Gasteiger partial charge >= 0.3 is 0 Å². The van der Waals surface area contributed by atoms with E-state index in [-0.39, 0.29) is 5.92 Å². The van der Waals surface area contributed by atoms with Crippen molar-refractivity contribution in [1.29, 1.82) is 0 Å². The Kier molecular flexibility index (Phi) is 7.51. The molecule has 0 aliphatic rings. The van der Waals surface area contributed by atoms with E-state index in [9.17, 15) is 0 Å². The highest BCUT2D eigenvalue weighted by Crippen LogP contribution is 2.35. The van der Waals surface area contributed by atoms with E-state index >= 15 is 0 Å². The molecule has 0 aliphatic carbocycles. The van der Waals surface area contributed by atoms with Crippen molar-refractivity contribution < 1.29 is 0 Å². The molecule has 0 aliphatic heterocycles. The van der Waals surface area contributed by atoms with Crippen LogP contribution in [0.1, 0.15) is 81.8 Å². The second kappa shape index (κ2) is 10.3. The quantitative estimate of drug-likeness (QED) is 0.363. The maximum atomic E-state index is 5.09. The van der Waals surface area contributed by atoms with Crippen LogP contribution in [0.4, 0.5) is 11.4 Å². The van der Waals surface area contributed by atoms with Crippen LogP contribution in [0.2, 0.25) is 0 Å². The zero-order valence-corrected chi connectivity index (χ0v) is 19.5. The molecule has 1 unspecified atom stereocenters. The second-order valence-electron chi connectivity index (χ2n) is 8.64. The molecule has 1 heterocycles. The number of hydrogen-bond acceptors (Lipinski definition) is 3. The van der Waals surface area contributed by atoms with Crippen molar-refractivity contribution in [2.45, 2.75) is 59.3 Å². The van der Waals surface area contributed by atoms with Crippen LogP contribution in [0, 0.1) is 0 Å². The molecule has 0 spiro atoms. The van der Waals surface area contributed by atoms with Crippen molar-refractivity contribution >= 4 is 23.3 Å². The minimum absolute atomic E-state index is 0.113. The zero-order valence-electron chi connectivity index (χ0n) is 19.5. The normalized spacial score (nSPS) is 13.4. The molecule has 0 saturated heterocycles. The average molecular weight is 412 g/mol. The third-order valence-corrected chi connectivity index (χ3v) is 5.43. The summed E-state index contributed by atoms with van der Waals surface area (Å²) in [5.41, 5.74) is 7.45. The van der Waals surface area contributed by atoms with Crippen LogP contribution in [0.15, 0.2) is 76.7 Å². The van der Waals surface area contributed by atoms with Crippen LogP contribution >= 0.6 is 0 Å². The molecule has 0 amide bonds. The van der Waals surface area contributed by atoms with Gasteiger partial charge in [-0.3, -0.25) is 15.0 Å². The Labute approximate surface area is 187 Å². The molecular weight excluding hydrogens is 378 g/mol. The van der Waals surface area contributed by atoms with E-state index in [1.54, 1.807) is 0 Å². The Balaban J connectivity index is 1.92. The fourth-order valence-corrected chi connectivity index (χ4v) is 3.56. The van der Waals surface area contributed by atoms with Crippen molar-refractivity contribution in [1.82, 2.24) is 4.98 Å². The molecule has 31 heavy (non-hydrogen) atoms. The Morgan fingerprint density at radius 3 is 2.00 bits per heavy atom. The predicted octanol–water partition coefficient (Wildman–Crippen LogP) is 7.98. The Bertz CT molecular complexity index is 1040. The minimum Gasteiger partial charge on any atom is -0.261 e. The van der Waals surface area contributed by atoms with Crippen LogP contribution in [0.25, 0.3) is 0 Å². The van der Waals surface area contributed by atoms with E-state index in [2.05, 4.69) is 76.9 Å². The minimum atomic E-state index is 0.113. The summed E-state index contributed by atoms with van der Waals surface area (Å²) >= 11 is 0. The first-order chi connectivity index (χ1) is 14.9. The molecular formula is C28H33N3. The molecule has 3 nitrogen and oxygen atoms in total. The first-order valence-corrected chi connectivity index (χ1v) is 11.1. The van der Waals surface area contributed by atoms with Gasteiger partial charge in [0.2, 0.25) is 0 Å². The lowest BCUT2D eigenvalue weighted by atomic mass is 9.93. The molecule has 160 valence electrons. The molecule has 1 aromatic heterocycles. The topological polar surface area (TPSA) is 37.6 Å². The van der Waals surface area contributed by atoms with Gasteiger partial charge in [-0.05, 0) is 54.2 Å². The molecule has 3 aromatic rings. The van der Waals surface area contributed by atoms with E-state index in [0.717, 1.165) is 28.5 Å². The van der Waals surface area contributed by atoms with Gasteiger partial charge in [-0.25, -0.2) is 0 Å². The number of pyridine rings is 1. The van der Waals surface area contributed by atoms with Crippen LogP contribution in [0.5, 0.6) is 0 Å². The highest BCUT2D eigenvalue weighted by atomic mass is 14.8. The number of benzene rings is 2. The second-order valence-corrected chi connectivity index (χ2v) is 8.64. The summed E-state index contributed by atoms with van der Waals surface area (Å²) in [4.78, 5) is 14.6. The maximum absolute atomic E-state index is 5.09. The van der Waals surface area contributed by atoms with E-state index < -0.39 is 0 Å². The smallest absolute Gasteiger partial charge is 0.0845 e. The van der Waals surface area contributed by atoms with Gasteiger partial charge in [-0.15, -0.1) is 0 Å². The van der Waals surface area contributed by atoms with Gasteiger partial charge in [0.1, 0.15) is 0 Å². The van der Waals surface area contributed by atoms with Crippen molar-refractivity contribution in [2.24, 2.45) is 9.98 Å². The first-order valence-electron chi connectivity index (χ1n) is 11.1. The zero-order chi connectivity index (χ0) is 22.4. The fraction of sp³-hybridized carbons (Fsp3) is 0.321. The Morgan fingerprint density at radius 1 is 0.774 bits per heavy atom. The monoisotopic (exact) mass is 411 g/mol. The van der Waals surface area contributed by atoms with Gasteiger partial charge in [0.05, 0.1) is 22.8 Å². The summed E-state index contributed by atoms with van der Waals surface area (Å²) in [6, 6.07) is 22.7. The first kappa shape index (κ1) is 22.6. The highest BCUT2D eigenvalue weighted by molar-refractivity contribution is 5.99. The summed E-state index contributed by atoms with van der Waals surface area (Å²) < 4.78 is 0. The van der Waals surface area contributed by atoms with Crippen molar-refractivity contribution in [3.05, 3.63) is 89.2 Å². The molecule has 0 fully saturated rings. The molecule has 1 atom stereocenters. The molecule has 3 rings (SSSR count). The van der Waals surface area contributed by atoms with E-state index in [4.69, 9.17) is 9.98 Å². The van der Waals surface area contributed by atoms with E-state index in [0.29, 0.717) is 11.8 Å². The highest BCUT2D eigenvalue weighted by Gasteiger charge is 2.14.